The van der Waals surface area contributed by atoms with Crippen LogP contribution in [0.5, 0.6) is 11.5 Å². The van der Waals surface area contributed by atoms with Crippen LogP contribution in [0.2, 0.25) is 0 Å². The van der Waals surface area contributed by atoms with Crippen LogP contribution < -0.4 is 14.2 Å². The lowest BCUT2D eigenvalue weighted by Crippen LogP contribution is -2.26. The Morgan fingerprint density at radius 3 is 2.35 bits per heavy atom. The summed E-state index contributed by atoms with van der Waals surface area (Å²) in [6, 6.07) is 14.8. The number of sulfonamides is 1. The molecule has 26 heavy (non-hydrogen) atoms. The van der Waals surface area contributed by atoms with E-state index >= 15 is 0 Å². The fraction of sp³-hybridized carbons (Fsp3) is 0.368. The van der Waals surface area contributed by atoms with Gasteiger partial charge < -0.3 is 9.47 Å². The largest absolute Gasteiger partial charge is 0.490 e. The maximum Gasteiger partial charge on any atom is 0.240 e. The van der Waals surface area contributed by atoms with E-state index in [0.29, 0.717) is 37.0 Å². The minimum atomic E-state index is -3.58. The van der Waals surface area contributed by atoms with Crippen LogP contribution in [0.4, 0.5) is 0 Å². The van der Waals surface area contributed by atoms with Gasteiger partial charge in [-0.25, -0.2) is 13.1 Å². The lowest BCUT2D eigenvalue weighted by Gasteiger charge is -2.13. The van der Waals surface area contributed by atoms with Crippen LogP contribution in [0, 0.1) is 0 Å². The normalized spacial score (nSPS) is 11.3. The summed E-state index contributed by atoms with van der Waals surface area (Å²) in [6.07, 6.45) is 0. The summed E-state index contributed by atoms with van der Waals surface area (Å²) in [5.74, 6) is 2.55. The highest BCUT2D eigenvalue weighted by Gasteiger charge is 2.17. The molecule has 0 saturated carbocycles. The molecule has 0 atom stereocenters. The molecule has 0 fully saturated rings. The molecule has 142 valence electrons. The van der Waals surface area contributed by atoms with Gasteiger partial charge >= 0.3 is 0 Å². The fourth-order valence-corrected chi connectivity index (χ4v) is 4.29. The molecule has 0 saturated heterocycles. The third-order valence-corrected chi connectivity index (χ3v) is 5.96. The van der Waals surface area contributed by atoms with E-state index < -0.39 is 10.0 Å². The van der Waals surface area contributed by atoms with Gasteiger partial charge in [0.15, 0.2) is 11.5 Å². The van der Waals surface area contributed by atoms with E-state index in [2.05, 4.69) is 16.9 Å². The highest BCUT2D eigenvalue weighted by Crippen LogP contribution is 2.30. The topological polar surface area (TPSA) is 64.6 Å². The minimum absolute atomic E-state index is 0.178. The number of ether oxygens (including phenoxy) is 2. The van der Waals surface area contributed by atoms with Crippen LogP contribution in [0.15, 0.2) is 53.4 Å². The summed E-state index contributed by atoms with van der Waals surface area (Å²) >= 11 is 1.69. The minimum Gasteiger partial charge on any atom is -0.490 e. The zero-order valence-corrected chi connectivity index (χ0v) is 16.7. The number of hydrogen-bond donors (Lipinski definition) is 1. The van der Waals surface area contributed by atoms with E-state index in [1.807, 2.05) is 32.0 Å². The first-order chi connectivity index (χ1) is 12.6. The van der Waals surface area contributed by atoms with Crippen molar-refractivity contribution in [2.75, 3.05) is 25.5 Å². The van der Waals surface area contributed by atoms with Crippen LogP contribution in [-0.2, 0) is 15.8 Å². The molecule has 0 aliphatic carbocycles. The van der Waals surface area contributed by atoms with Crippen molar-refractivity contribution in [3.05, 3.63) is 54.1 Å². The predicted molar refractivity (Wildman–Crippen MR) is 107 cm³/mol. The molecular formula is C19H25NO4S2. The van der Waals surface area contributed by atoms with Gasteiger partial charge in [0.25, 0.3) is 0 Å². The zero-order chi connectivity index (χ0) is 18.8. The molecule has 0 unspecified atom stereocenters. The number of hydrogen-bond acceptors (Lipinski definition) is 5. The lowest BCUT2D eigenvalue weighted by molar-refractivity contribution is 0.287. The Kier molecular flexibility index (Phi) is 8.28. The predicted octanol–water partition coefficient (Wildman–Crippen LogP) is 3.70. The van der Waals surface area contributed by atoms with Crippen molar-refractivity contribution in [2.45, 2.75) is 24.5 Å². The van der Waals surface area contributed by atoms with Crippen molar-refractivity contribution in [3.63, 3.8) is 0 Å². The Bertz CT molecular complexity index is 779. The third-order valence-electron chi connectivity index (χ3n) is 3.48. The van der Waals surface area contributed by atoms with Crippen LogP contribution in [0.3, 0.4) is 0 Å². The van der Waals surface area contributed by atoms with E-state index in [4.69, 9.17) is 9.47 Å². The van der Waals surface area contributed by atoms with Gasteiger partial charge in [-0.3, -0.25) is 0 Å². The fourth-order valence-electron chi connectivity index (χ4n) is 2.29. The molecule has 2 rings (SSSR count). The molecule has 5 nitrogen and oxygen atoms in total. The number of benzene rings is 2. The number of nitrogens with one attached hydrogen (secondary N) is 1. The van der Waals surface area contributed by atoms with E-state index in [1.54, 1.807) is 17.8 Å². The average molecular weight is 396 g/mol. The third kappa shape index (κ3) is 6.23. The molecule has 0 bridgehead atoms. The Hall–Kier alpha value is -1.70. The van der Waals surface area contributed by atoms with Crippen molar-refractivity contribution in [1.29, 1.82) is 0 Å². The van der Waals surface area contributed by atoms with E-state index in [0.717, 1.165) is 5.75 Å². The highest BCUT2D eigenvalue weighted by atomic mass is 32.2. The Morgan fingerprint density at radius 2 is 1.65 bits per heavy atom. The Labute approximate surface area is 160 Å². The number of rotatable bonds is 11. The molecule has 0 aromatic heterocycles. The second-order valence-corrected chi connectivity index (χ2v) is 8.28. The molecular weight excluding hydrogens is 370 g/mol. The van der Waals surface area contributed by atoms with Gasteiger partial charge in [0.05, 0.1) is 18.1 Å². The smallest absolute Gasteiger partial charge is 0.240 e. The van der Waals surface area contributed by atoms with Gasteiger partial charge in [0, 0.05) is 24.1 Å². The first-order valence-corrected chi connectivity index (χ1v) is 11.2. The molecule has 0 aliphatic heterocycles. The van der Waals surface area contributed by atoms with Crippen LogP contribution in [0.1, 0.15) is 19.4 Å². The van der Waals surface area contributed by atoms with Crippen LogP contribution in [0.25, 0.3) is 0 Å². The first-order valence-electron chi connectivity index (χ1n) is 8.57. The van der Waals surface area contributed by atoms with Crippen molar-refractivity contribution < 1.29 is 17.9 Å². The summed E-state index contributed by atoms with van der Waals surface area (Å²) in [4.78, 5) is 0.178. The van der Waals surface area contributed by atoms with Crippen molar-refractivity contribution >= 4 is 21.8 Å². The van der Waals surface area contributed by atoms with E-state index in [1.165, 1.54) is 17.7 Å². The van der Waals surface area contributed by atoms with Crippen molar-refractivity contribution in [3.8, 4) is 11.5 Å². The summed E-state index contributed by atoms with van der Waals surface area (Å²) in [5, 5.41) is 0. The van der Waals surface area contributed by atoms with Gasteiger partial charge in [-0.05, 0) is 31.5 Å². The molecule has 0 heterocycles. The van der Waals surface area contributed by atoms with E-state index in [-0.39, 0.29) is 4.90 Å². The van der Waals surface area contributed by atoms with Gasteiger partial charge in [0.1, 0.15) is 0 Å². The SMILES string of the molecule is CCOc1ccc(S(=O)(=O)NCCSCc2ccccc2)cc1OCC. The molecule has 1 N–H and O–H groups in total. The van der Waals surface area contributed by atoms with Crippen molar-refractivity contribution in [2.24, 2.45) is 0 Å². The molecule has 0 amide bonds. The molecule has 2 aromatic carbocycles. The average Bonchev–Trinajstić information content (AvgIpc) is 2.64. The first kappa shape index (κ1) is 20.6. The molecule has 0 spiro atoms. The van der Waals surface area contributed by atoms with Crippen molar-refractivity contribution in [1.82, 2.24) is 4.72 Å². The molecule has 2 aromatic rings. The van der Waals surface area contributed by atoms with E-state index in [9.17, 15) is 8.42 Å². The summed E-state index contributed by atoms with van der Waals surface area (Å²) in [7, 11) is -3.58. The summed E-state index contributed by atoms with van der Waals surface area (Å²) < 4.78 is 38.6. The summed E-state index contributed by atoms with van der Waals surface area (Å²) in [5.41, 5.74) is 1.23. The molecule has 0 radical (unpaired) electrons. The standard InChI is InChI=1S/C19H25NO4S2/c1-3-23-18-11-10-17(14-19(18)24-4-2)26(21,22)20-12-13-25-15-16-8-6-5-7-9-16/h5-11,14,20H,3-4,12-13,15H2,1-2H3. The monoisotopic (exact) mass is 395 g/mol. The molecule has 0 aliphatic rings. The maximum atomic E-state index is 12.5. The van der Waals surface area contributed by atoms with Crippen LogP contribution >= 0.6 is 11.8 Å². The summed E-state index contributed by atoms with van der Waals surface area (Å²) in [6.45, 7) is 5.02. The highest BCUT2D eigenvalue weighted by molar-refractivity contribution is 7.98. The quantitative estimate of drug-likeness (QED) is 0.588. The second-order valence-electron chi connectivity index (χ2n) is 5.41. The lowest BCUT2D eigenvalue weighted by atomic mass is 10.2. The Morgan fingerprint density at radius 1 is 0.962 bits per heavy atom. The zero-order valence-electron chi connectivity index (χ0n) is 15.1. The maximum absolute atomic E-state index is 12.5. The molecule has 7 heteroatoms. The number of thioether (sulfide) groups is 1. The van der Waals surface area contributed by atoms with Gasteiger partial charge in [-0.2, -0.15) is 11.8 Å². The van der Waals surface area contributed by atoms with Gasteiger partial charge in [0.2, 0.25) is 10.0 Å². The van der Waals surface area contributed by atoms with Crippen LogP contribution in [-0.4, -0.2) is 33.9 Å². The van der Waals surface area contributed by atoms with Gasteiger partial charge in [-0.15, -0.1) is 0 Å². The second kappa shape index (κ2) is 10.4. The Balaban J connectivity index is 1.91. The van der Waals surface area contributed by atoms with Gasteiger partial charge in [-0.1, -0.05) is 30.3 Å².